The second-order valence-corrected chi connectivity index (χ2v) is 9.72. The molecule has 6 nitrogen and oxygen atoms in total. The summed E-state index contributed by atoms with van der Waals surface area (Å²) in [4.78, 5) is 36.6. The highest BCUT2D eigenvalue weighted by Crippen LogP contribution is 2.45. The number of hydrogen-bond donors (Lipinski definition) is 2. The Morgan fingerprint density at radius 3 is 2.11 bits per heavy atom. The minimum atomic E-state index is -4.76. The lowest BCUT2D eigenvalue weighted by Crippen LogP contribution is -2.51. The fourth-order valence-corrected chi connectivity index (χ4v) is 4.62. The third-order valence-corrected chi connectivity index (χ3v) is 7.08. The average molecular weight is 588 g/mol. The van der Waals surface area contributed by atoms with Crippen molar-refractivity contribution in [1.29, 1.82) is 0 Å². The molecule has 0 bridgehead atoms. The van der Waals surface area contributed by atoms with Crippen LogP contribution in [0, 0.1) is 0 Å². The van der Waals surface area contributed by atoms with E-state index in [1.165, 1.54) is 36.4 Å². The molecular weight excluding hydrogens is 567 g/mol. The van der Waals surface area contributed by atoms with E-state index in [9.17, 15) is 32.7 Å². The molecule has 1 unspecified atom stereocenters. The van der Waals surface area contributed by atoms with Gasteiger partial charge in [-0.25, -0.2) is 4.79 Å². The molecule has 196 valence electrons. The van der Waals surface area contributed by atoms with E-state index in [2.05, 4.69) is 5.32 Å². The molecule has 0 spiro atoms. The van der Waals surface area contributed by atoms with Crippen LogP contribution in [0.15, 0.2) is 36.4 Å². The highest BCUT2D eigenvalue weighted by molar-refractivity contribution is 6.42. The summed E-state index contributed by atoms with van der Waals surface area (Å²) >= 11 is 24.5. The standard InChI is InChI=1S/C23H21Cl4F3N2O4/c1-32(19(34)11-23(28,29)30)12-22(7-2-8-33,14-4-6-16(25)18(27)10-14)20(31-21(35)36)13-3-5-15(24)17(26)9-13/h3-6,8-10,20,31H,2,7,11-12H2,1H3,(H,35,36)/t20?,22-/m1/s1. The zero-order valence-corrected chi connectivity index (χ0v) is 21.7. The van der Waals surface area contributed by atoms with Crippen LogP contribution in [0.1, 0.15) is 36.4 Å². The molecule has 2 N–H and O–H groups in total. The van der Waals surface area contributed by atoms with E-state index in [0.29, 0.717) is 17.4 Å². The minimum Gasteiger partial charge on any atom is -0.465 e. The van der Waals surface area contributed by atoms with Crippen LogP contribution in [0.3, 0.4) is 0 Å². The van der Waals surface area contributed by atoms with E-state index in [1.54, 1.807) is 0 Å². The molecule has 2 amide bonds. The summed E-state index contributed by atoms with van der Waals surface area (Å²) < 4.78 is 38.9. The quantitative estimate of drug-likeness (QED) is 0.295. The summed E-state index contributed by atoms with van der Waals surface area (Å²) in [5.41, 5.74) is -0.864. The Hall–Kier alpha value is -2.20. The van der Waals surface area contributed by atoms with E-state index in [0.717, 1.165) is 11.9 Å². The van der Waals surface area contributed by atoms with Crippen molar-refractivity contribution in [2.45, 2.75) is 36.9 Å². The Morgan fingerprint density at radius 1 is 1.03 bits per heavy atom. The number of aldehydes is 1. The summed E-state index contributed by atoms with van der Waals surface area (Å²) in [6.07, 6.45) is -7.58. The molecule has 0 saturated heterocycles. The average Bonchev–Trinajstić information content (AvgIpc) is 2.77. The number of hydrogen-bond acceptors (Lipinski definition) is 3. The highest BCUT2D eigenvalue weighted by Gasteiger charge is 2.45. The summed E-state index contributed by atoms with van der Waals surface area (Å²) in [6, 6.07) is 7.46. The number of likely N-dealkylation sites (N-methyl/N-ethyl adjacent to an activating group) is 1. The van der Waals surface area contributed by atoms with Gasteiger partial charge >= 0.3 is 12.3 Å². The van der Waals surface area contributed by atoms with Crippen molar-refractivity contribution in [3.05, 3.63) is 67.6 Å². The van der Waals surface area contributed by atoms with Crippen LogP contribution >= 0.6 is 46.4 Å². The number of nitrogens with zero attached hydrogens (tertiary/aromatic N) is 1. The molecule has 36 heavy (non-hydrogen) atoms. The number of carbonyl (C=O) groups excluding carboxylic acids is 2. The van der Waals surface area contributed by atoms with Crippen molar-refractivity contribution in [3.8, 4) is 0 Å². The fourth-order valence-electron chi connectivity index (χ4n) is 4.01. The Labute approximate surface area is 225 Å². The zero-order chi connectivity index (χ0) is 27.3. The SMILES string of the molecule is CN(C[C@](CCC=O)(c1ccc(Cl)c(Cl)c1)C(NC(=O)O)c1ccc(Cl)c(Cl)c1)C(=O)CC(F)(F)F. The van der Waals surface area contributed by atoms with Crippen molar-refractivity contribution < 1.29 is 32.7 Å². The van der Waals surface area contributed by atoms with Gasteiger partial charge < -0.3 is 20.1 Å². The van der Waals surface area contributed by atoms with Crippen LogP contribution in [0.5, 0.6) is 0 Å². The summed E-state index contributed by atoms with van der Waals surface area (Å²) in [7, 11) is 1.16. The molecule has 0 fully saturated rings. The topological polar surface area (TPSA) is 86.7 Å². The largest absolute Gasteiger partial charge is 0.465 e. The van der Waals surface area contributed by atoms with Gasteiger partial charge in [-0.05, 0) is 41.8 Å². The van der Waals surface area contributed by atoms with Gasteiger partial charge in [0.15, 0.2) is 0 Å². The third kappa shape index (κ3) is 7.65. The molecule has 2 aromatic carbocycles. The molecule has 0 aromatic heterocycles. The minimum absolute atomic E-state index is 0.0801. The first-order valence-electron chi connectivity index (χ1n) is 10.3. The monoisotopic (exact) mass is 586 g/mol. The van der Waals surface area contributed by atoms with Crippen LogP contribution in [-0.2, 0) is 15.0 Å². The van der Waals surface area contributed by atoms with Gasteiger partial charge in [0.05, 0.1) is 26.1 Å². The lowest BCUT2D eigenvalue weighted by atomic mass is 9.68. The molecule has 2 aromatic rings. The molecule has 0 saturated carbocycles. The number of nitrogens with one attached hydrogen (secondary N) is 1. The fraction of sp³-hybridized carbons (Fsp3) is 0.348. The number of alkyl halides is 3. The molecule has 0 radical (unpaired) electrons. The predicted octanol–water partition coefficient (Wildman–Crippen LogP) is 6.94. The Bertz CT molecular complexity index is 1130. The number of rotatable bonds is 10. The van der Waals surface area contributed by atoms with Gasteiger partial charge in [-0.2, -0.15) is 13.2 Å². The lowest BCUT2D eigenvalue weighted by Gasteiger charge is -2.44. The number of halogens is 7. The molecule has 0 aliphatic rings. The summed E-state index contributed by atoms with van der Waals surface area (Å²) in [5.74, 6) is -1.25. The first-order chi connectivity index (χ1) is 16.7. The van der Waals surface area contributed by atoms with Gasteiger partial charge in [-0.3, -0.25) is 4.79 Å². The predicted molar refractivity (Wildman–Crippen MR) is 132 cm³/mol. The second kappa shape index (κ2) is 12.4. The first kappa shape index (κ1) is 30.0. The molecule has 0 heterocycles. The number of benzene rings is 2. The smallest absolute Gasteiger partial charge is 0.405 e. The Balaban J connectivity index is 2.81. The Kier molecular flexibility index (Phi) is 10.3. The maximum atomic E-state index is 13.0. The molecular formula is C23H21Cl4F3N2O4. The molecule has 2 atom stereocenters. The van der Waals surface area contributed by atoms with Gasteiger partial charge in [0.1, 0.15) is 12.7 Å². The second-order valence-electron chi connectivity index (χ2n) is 8.09. The van der Waals surface area contributed by atoms with Gasteiger partial charge in [-0.15, -0.1) is 0 Å². The van der Waals surface area contributed by atoms with Gasteiger partial charge in [0.25, 0.3) is 0 Å². The van der Waals surface area contributed by atoms with Gasteiger partial charge in [0.2, 0.25) is 5.91 Å². The normalized spacial score (nSPS) is 14.0. The molecule has 0 aliphatic carbocycles. The van der Waals surface area contributed by atoms with E-state index < -0.39 is 42.6 Å². The lowest BCUT2D eigenvalue weighted by molar-refractivity contribution is -0.161. The third-order valence-electron chi connectivity index (χ3n) is 5.60. The molecule has 13 heteroatoms. The van der Waals surface area contributed by atoms with Crippen molar-refractivity contribution in [2.75, 3.05) is 13.6 Å². The summed E-state index contributed by atoms with van der Waals surface area (Å²) in [5, 5.41) is 12.6. The van der Waals surface area contributed by atoms with Crippen LogP contribution in [0.4, 0.5) is 18.0 Å². The first-order valence-corrected chi connectivity index (χ1v) is 11.9. The van der Waals surface area contributed by atoms with E-state index in [-0.39, 0.29) is 32.9 Å². The van der Waals surface area contributed by atoms with Crippen molar-refractivity contribution in [2.24, 2.45) is 0 Å². The highest BCUT2D eigenvalue weighted by atomic mass is 35.5. The number of carbonyl (C=O) groups is 3. The van der Waals surface area contributed by atoms with Crippen LogP contribution in [0.25, 0.3) is 0 Å². The maximum Gasteiger partial charge on any atom is 0.405 e. The number of amides is 2. The maximum absolute atomic E-state index is 13.0. The van der Waals surface area contributed by atoms with Crippen molar-refractivity contribution in [3.63, 3.8) is 0 Å². The van der Waals surface area contributed by atoms with E-state index in [1.807, 2.05) is 0 Å². The van der Waals surface area contributed by atoms with Gasteiger partial charge in [0, 0.05) is 25.4 Å². The zero-order valence-electron chi connectivity index (χ0n) is 18.7. The van der Waals surface area contributed by atoms with Crippen molar-refractivity contribution in [1.82, 2.24) is 10.2 Å². The van der Waals surface area contributed by atoms with E-state index in [4.69, 9.17) is 46.4 Å². The van der Waals surface area contributed by atoms with Crippen LogP contribution < -0.4 is 5.32 Å². The van der Waals surface area contributed by atoms with E-state index >= 15 is 0 Å². The van der Waals surface area contributed by atoms with Gasteiger partial charge in [-0.1, -0.05) is 58.5 Å². The van der Waals surface area contributed by atoms with Crippen molar-refractivity contribution >= 4 is 64.7 Å². The number of carboxylic acid groups (broad SMARTS) is 1. The van der Waals surface area contributed by atoms with Crippen LogP contribution in [-0.4, -0.2) is 48.1 Å². The van der Waals surface area contributed by atoms with Crippen LogP contribution in [0.2, 0.25) is 20.1 Å². The molecule has 2 rings (SSSR count). The summed E-state index contributed by atoms with van der Waals surface area (Å²) in [6.45, 7) is -0.418. The Morgan fingerprint density at radius 2 is 1.61 bits per heavy atom. The molecule has 0 aliphatic heterocycles.